The van der Waals surface area contributed by atoms with E-state index in [-0.39, 0.29) is 5.91 Å². The van der Waals surface area contributed by atoms with Gasteiger partial charge in [-0.1, -0.05) is 17.4 Å². The fourth-order valence-electron chi connectivity index (χ4n) is 2.20. The van der Waals surface area contributed by atoms with E-state index in [0.717, 1.165) is 0 Å². The number of methoxy groups -OCH3 is 2. The molecule has 0 aliphatic carbocycles. The standard InChI is InChI=1S/C18H18N4O4S/c1-24-9-10-26-15-11-12(25-2)6-7-13(15)16(23)20-18-22-21-17(27-18)14-5-3-4-8-19-14/h3-8,11H,9-10H2,1-2H3,(H,20,22,23). The first kappa shape index (κ1) is 18.7. The van der Waals surface area contributed by atoms with E-state index in [1.165, 1.54) is 11.3 Å². The maximum Gasteiger partial charge on any atom is 0.261 e. The van der Waals surface area contributed by atoms with Crippen molar-refractivity contribution in [1.82, 2.24) is 15.2 Å². The molecule has 2 aromatic heterocycles. The van der Waals surface area contributed by atoms with Crippen LogP contribution >= 0.6 is 11.3 Å². The Labute approximate surface area is 160 Å². The summed E-state index contributed by atoms with van der Waals surface area (Å²) in [5, 5.41) is 11.8. The number of nitrogens with zero attached hydrogens (tertiary/aromatic N) is 3. The third kappa shape index (κ3) is 4.78. The van der Waals surface area contributed by atoms with Crippen molar-refractivity contribution < 1.29 is 19.0 Å². The topological polar surface area (TPSA) is 95.5 Å². The van der Waals surface area contributed by atoms with Gasteiger partial charge in [-0.15, -0.1) is 10.2 Å². The summed E-state index contributed by atoms with van der Waals surface area (Å²) in [6, 6.07) is 10.5. The van der Waals surface area contributed by atoms with Crippen LogP contribution in [0.2, 0.25) is 0 Å². The zero-order chi connectivity index (χ0) is 19.1. The Kier molecular flexibility index (Phi) is 6.29. The molecule has 0 bridgehead atoms. The molecule has 0 fully saturated rings. The maximum atomic E-state index is 12.7. The zero-order valence-electron chi connectivity index (χ0n) is 14.8. The molecule has 0 aliphatic rings. The highest BCUT2D eigenvalue weighted by molar-refractivity contribution is 7.18. The second kappa shape index (κ2) is 9.06. The van der Waals surface area contributed by atoms with Crippen LogP contribution in [0.3, 0.4) is 0 Å². The Morgan fingerprint density at radius 1 is 1.15 bits per heavy atom. The molecule has 3 rings (SSSR count). The number of nitrogens with one attached hydrogen (secondary N) is 1. The third-order valence-electron chi connectivity index (χ3n) is 3.51. The number of amides is 1. The molecule has 0 atom stereocenters. The van der Waals surface area contributed by atoms with Gasteiger partial charge in [-0.2, -0.15) is 0 Å². The van der Waals surface area contributed by atoms with Crippen LogP contribution in [0, 0.1) is 0 Å². The molecule has 0 saturated heterocycles. The number of ether oxygens (including phenoxy) is 3. The van der Waals surface area contributed by atoms with Crippen LogP contribution in [-0.2, 0) is 4.74 Å². The minimum Gasteiger partial charge on any atom is -0.497 e. The van der Waals surface area contributed by atoms with Crippen molar-refractivity contribution in [1.29, 1.82) is 0 Å². The van der Waals surface area contributed by atoms with Gasteiger partial charge in [0.15, 0.2) is 5.01 Å². The van der Waals surface area contributed by atoms with Gasteiger partial charge in [0, 0.05) is 19.4 Å². The molecule has 1 aromatic carbocycles. The van der Waals surface area contributed by atoms with E-state index in [1.807, 2.05) is 18.2 Å². The van der Waals surface area contributed by atoms with Crippen molar-refractivity contribution in [3.8, 4) is 22.2 Å². The summed E-state index contributed by atoms with van der Waals surface area (Å²) in [5.74, 6) is 0.638. The highest BCUT2D eigenvalue weighted by Gasteiger charge is 2.17. The number of hydrogen-bond acceptors (Lipinski definition) is 8. The van der Waals surface area contributed by atoms with Gasteiger partial charge in [-0.3, -0.25) is 15.1 Å². The summed E-state index contributed by atoms with van der Waals surface area (Å²) >= 11 is 1.24. The van der Waals surface area contributed by atoms with Gasteiger partial charge in [0.2, 0.25) is 5.13 Å². The lowest BCUT2D eigenvalue weighted by molar-refractivity contribution is 0.101. The SMILES string of the molecule is COCCOc1cc(OC)ccc1C(=O)Nc1nnc(-c2ccccn2)s1. The Bertz CT molecular complexity index is 901. The van der Waals surface area contributed by atoms with Crippen molar-refractivity contribution >= 4 is 22.4 Å². The van der Waals surface area contributed by atoms with Gasteiger partial charge in [-0.05, 0) is 24.3 Å². The minimum atomic E-state index is -0.353. The molecule has 0 radical (unpaired) electrons. The van der Waals surface area contributed by atoms with Crippen molar-refractivity contribution in [3.05, 3.63) is 48.2 Å². The molecular weight excluding hydrogens is 368 g/mol. The number of carbonyl (C=O) groups is 1. The Morgan fingerprint density at radius 2 is 2.04 bits per heavy atom. The van der Waals surface area contributed by atoms with E-state index in [0.29, 0.717) is 46.1 Å². The molecule has 0 unspecified atom stereocenters. The summed E-state index contributed by atoms with van der Waals surface area (Å²) in [7, 11) is 3.13. The van der Waals surface area contributed by atoms with E-state index in [2.05, 4.69) is 20.5 Å². The molecule has 9 heteroatoms. The van der Waals surface area contributed by atoms with Gasteiger partial charge in [0.25, 0.3) is 5.91 Å². The van der Waals surface area contributed by atoms with Crippen LogP contribution in [0.4, 0.5) is 5.13 Å². The van der Waals surface area contributed by atoms with Crippen molar-refractivity contribution in [2.24, 2.45) is 0 Å². The first-order chi connectivity index (χ1) is 13.2. The van der Waals surface area contributed by atoms with E-state index in [1.54, 1.807) is 38.6 Å². The number of aromatic nitrogens is 3. The van der Waals surface area contributed by atoms with Gasteiger partial charge < -0.3 is 14.2 Å². The first-order valence-corrected chi connectivity index (χ1v) is 8.89. The number of carbonyl (C=O) groups excluding carboxylic acids is 1. The van der Waals surface area contributed by atoms with E-state index in [4.69, 9.17) is 14.2 Å². The molecule has 3 aromatic rings. The number of hydrogen-bond donors (Lipinski definition) is 1. The number of pyridine rings is 1. The summed E-state index contributed by atoms with van der Waals surface area (Å²) in [6.07, 6.45) is 1.68. The predicted octanol–water partition coefficient (Wildman–Crippen LogP) is 2.89. The molecule has 0 saturated carbocycles. The van der Waals surface area contributed by atoms with Gasteiger partial charge in [0.05, 0.1) is 19.3 Å². The average Bonchev–Trinajstić information content (AvgIpc) is 3.17. The second-order valence-electron chi connectivity index (χ2n) is 5.28. The van der Waals surface area contributed by atoms with Crippen molar-refractivity contribution in [3.63, 3.8) is 0 Å². The molecule has 8 nitrogen and oxygen atoms in total. The first-order valence-electron chi connectivity index (χ1n) is 8.07. The fourth-order valence-corrected chi connectivity index (χ4v) is 2.92. The van der Waals surface area contributed by atoms with Crippen LogP contribution in [-0.4, -0.2) is 48.5 Å². The highest BCUT2D eigenvalue weighted by atomic mass is 32.1. The molecule has 1 amide bonds. The summed E-state index contributed by atoms with van der Waals surface area (Å²) in [6.45, 7) is 0.717. The van der Waals surface area contributed by atoms with Gasteiger partial charge >= 0.3 is 0 Å². The third-order valence-corrected chi connectivity index (χ3v) is 4.37. The van der Waals surface area contributed by atoms with Gasteiger partial charge in [-0.25, -0.2) is 0 Å². The Hall–Kier alpha value is -3.04. The molecule has 0 spiro atoms. The molecule has 1 N–H and O–H groups in total. The van der Waals surface area contributed by atoms with E-state index < -0.39 is 0 Å². The highest BCUT2D eigenvalue weighted by Crippen LogP contribution is 2.28. The lowest BCUT2D eigenvalue weighted by atomic mass is 10.2. The number of rotatable bonds is 8. The maximum absolute atomic E-state index is 12.7. The lowest BCUT2D eigenvalue weighted by Crippen LogP contribution is -2.15. The lowest BCUT2D eigenvalue weighted by Gasteiger charge is -2.12. The zero-order valence-corrected chi connectivity index (χ0v) is 15.7. The predicted molar refractivity (Wildman–Crippen MR) is 101 cm³/mol. The largest absolute Gasteiger partial charge is 0.497 e. The Morgan fingerprint density at radius 3 is 2.78 bits per heavy atom. The van der Waals surface area contributed by atoms with E-state index >= 15 is 0 Å². The normalized spacial score (nSPS) is 10.4. The minimum absolute atomic E-state index is 0.312. The van der Waals surface area contributed by atoms with Gasteiger partial charge in [0.1, 0.15) is 23.8 Å². The van der Waals surface area contributed by atoms with Crippen molar-refractivity contribution in [2.45, 2.75) is 0 Å². The second-order valence-corrected chi connectivity index (χ2v) is 6.26. The molecular formula is C18H18N4O4S. The molecule has 2 heterocycles. The number of anilines is 1. The number of benzene rings is 1. The van der Waals surface area contributed by atoms with Crippen LogP contribution in [0.25, 0.3) is 10.7 Å². The van der Waals surface area contributed by atoms with Crippen LogP contribution in [0.15, 0.2) is 42.6 Å². The Balaban J connectivity index is 1.76. The summed E-state index contributed by atoms with van der Waals surface area (Å²) < 4.78 is 15.8. The summed E-state index contributed by atoms with van der Waals surface area (Å²) in [4.78, 5) is 16.9. The summed E-state index contributed by atoms with van der Waals surface area (Å²) in [5.41, 5.74) is 1.06. The van der Waals surface area contributed by atoms with Crippen molar-refractivity contribution in [2.75, 3.05) is 32.8 Å². The monoisotopic (exact) mass is 386 g/mol. The van der Waals surface area contributed by atoms with Crippen LogP contribution in [0.5, 0.6) is 11.5 Å². The molecule has 140 valence electrons. The van der Waals surface area contributed by atoms with E-state index in [9.17, 15) is 4.79 Å². The average molecular weight is 386 g/mol. The molecule has 27 heavy (non-hydrogen) atoms. The quantitative estimate of drug-likeness (QED) is 0.595. The molecule has 0 aliphatic heterocycles. The fraction of sp³-hybridized carbons (Fsp3) is 0.222. The van der Waals surface area contributed by atoms with Crippen LogP contribution < -0.4 is 14.8 Å². The smallest absolute Gasteiger partial charge is 0.261 e. The van der Waals surface area contributed by atoms with Crippen LogP contribution in [0.1, 0.15) is 10.4 Å².